The maximum absolute atomic E-state index is 12.8. The monoisotopic (exact) mass is 452 g/mol. The molecule has 0 saturated heterocycles. The molecule has 2 aromatic carbocycles. The summed E-state index contributed by atoms with van der Waals surface area (Å²) in [5, 5.41) is 3.23. The third-order valence-electron chi connectivity index (χ3n) is 4.74. The van der Waals surface area contributed by atoms with E-state index in [0.717, 1.165) is 33.0 Å². The molecule has 164 valence electrons. The van der Waals surface area contributed by atoms with E-state index in [2.05, 4.69) is 5.32 Å². The first-order valence-electron chi connectivity index (χ1n) is 9.78. The largest absolute Gasteiger partial charge is 0.491 e. The van der Waals surface area contributed by atoms with Crippen molar-refractivity contribution in [2.45, 2.75) is 40.2 Å². The number of amides is 1. The van der Waals surface area contributed by atoms with E-state index in [-0.39, 0.29) is 19.1 Å². The first kappa shape index (κ1) is 24.0. The van der Waals surface area contributed by atoms with Gasteiger partial charge in [-0.2, -0.15) is 0 Å². The first-order valence-corrected chi connectivity index (χ1v) is 12.0. The van der Waals surface area contributed by atoms with Crippen LogP contribution in [0.25, 0.3) is 0 Å². The van der Waals surface area contributed by atoms with Gasteiger partial charge in [-0.15, -0.1) is 0 Å². The van der Waals surface area contributed by atoms with Crippen LogP contribution in [0.3, 0.4) is 0 Å². The molecule has 0 fully saturated rings. The molecule has 2 aromatic rings. The number of nitrogens with zero attached hydrogens (tertiary/aromatic N) is 1. The summed E-state index contributed by atoms with van der Waals surface area (Å²) in [4.78, 5) is 12.8. The Bertz CT molecular complexity index is 1010. The molecule has 0 aliphatic rings. The molecule has 0 spiro atoms. The highest BCUT2D eigenvalue weighted by Crippen LogP contribution is 2.27. The average molecular weight is 453 g/mol. The Morgan fingerprint density at radius 2 is 1.80 bits per heavy atom. The highest BCUT2D eigenvalue weighted by Gasteiger charge is 2.31. The highest BCUT2D eigenvalue weighted by molar-refractivity contribution is 7.92. The highest BCUT2D eigenvalue weighted by atomic mass is 35.5. The molecule has 0 aromatic heterocycles. The summed E-state index contributed by atoms with van der Waals surface area (Å²) in [6, 6.07) is 10.00. The van der Waals surface area contributed by atoms with E-state index in [9.17, 15) is 13.2 Å². The van der Waals surface area contributed by atoms with E-state index in [0.29, 0.717) is 17.1 Å². The van der Waals surface area contributed by atoms with Gasteiger partial charge in [-0.05, 0) is 62.1 Å². The fraction of sp³-hybridized carbons (Fsp3) is 0.409. The number of hydrogen-bond acceptors (Lipinski definition) is 4. The number of sulfonamides is 1. The van der Waals surface area contributed by atoms with Crippen LogP contribution in [0, 0.1) is 20.8 Å². The van der Waals surface area contributed by atoms with E-state index < -0.39 is 16.1 Å². The van der Waals surface area contributed by atoms with Crippen molar-refractivity contribution < 1.29 is 17.9 Å². The molecular weight excluding hydrogens is 424 g/mol. The fourth-order valence-corrected chi connectivity index (χ4v) is 4.47. The van der Waals surface area contributed by atoms with Crippen LogP contribution < -0.4 is 14.4 Å². The van der Waals surface area contributed by atoms with Gasteiger partial charge in [0.2, 0.25) is 15.9 Å². The first-order chi connectivity index (χ1) is 14.0. The Balaban J connectivity index is 2.10. The predicted molar refractivity (Wildman–Crippen MR) is 122 cm³/mol. The van der Waals surface area contributed by atoms with Gasteiger partial charge in [-0.1, -0.05) is 36.7 Å². The molecule has 1 N–H and O–H groups in total. The number of anilines is 1. The van der Waals surface area contributed by atoms with E-state index >= 15 is 0 Å². The lowest BCUT2D eigenvalue weighted by Gasteiger charge is -2.30. The Kier molecular flexibility index (Phi) is 8.15. The summed E-state index contributed by atoms with van der Waals surface area (Å²) in [6.07, 6.45) is 1.39. The zero-order chi connectivity index (χ0) is 22.5. The molecule has 0 heterocycles. The number of ether oxygens (including phenoxy) is 1. The molecule has 0 radical (unpaired) electrons. The fourth-order valence-electron chi connectivity index (χ4n) is 3.09. The molecule has 1 atom stereocenters. The van der Waals surface area contributed by atoms with Gasteiger partial charge in [0.25, 0.3) is 0 Å². The quantitative estimate of drug-likeness (QED) is 0.583. The van der Waals surface area contributed by atoms with Crippen molar-refractivity contribution in [2.75, 3.05) is 23.7 Å². The Hall–Kier alpha value is -2.25. The zero-order valence-corrected chi connectivity index (χ0v) is 19.6. The maximum Gasteiger partial charge on any atom is 0.244 e. The smallest absolute Gasteiger partial charge is 0.244 e. The summed E-state index contributed by atoms with van der Waals surface area (Å²) >= 11 is 6.18. The topological polar surface area (TPSA) is 75.7 Å². The van der Waals surface area contributed by atoms with Crippen LogP contribution in [0.5, 0.6) is 5.75 Å². The molecule has 0 bridgehead atoms. The number of hydrogen-bond donors (Lipinski definition) is 1. The SMILES string of the molecule is CCC(C(=O)NCCOc1cc(C)ccc1C)N(c1ccc(C)c(Cl)c1)S(C)(=O)=O. The Labute approximate surface area is 184 Å². The zero-order valence-electron chi connectivity index (χ0n) is 18.0. The number of benzene rings is 2. The number of nitrogens with one attached hydrogen (secondary N) is 1. The maximum atomic E-state index is 12.8. The van der Waals surface area contributed by atoms with Crippen LogP contribution in [-0.2, 0) is 14.8 Å². The van der Waals surface area contributed by atoms with Crippen molar-refractivity contribution in [3.05, 3.63) is 58.1 Å². The summed E-state index contributed by atoms with van der Waals surface area (Å²) in [5.74, 6) is 0.382. The van der Waals surface area contributed by atoms with Crippen LogP contribution in [-0.4, -0.2) is 39.8 Å². The van der Waals surface area contributed by atoms with E-state index in [1.54, 1.807) is 25.1 Å². The van der Waals surface area contributed by atoms with Crippen molar-refractivity contribution in [1.82, 2.24) is 5.32 Å². The van der Waals surface area contributed by atoms with Crippen LogP contribution in [0.4, 0.5) is 5.69 Å². The van der Waals surface area contributed by atoms with Crippen LogP contribution in [0.1, 0.15) is 30.0 Å². The number of halogens is 1. The van der Waals surface area contributed by atoms with Crippen molar-refractivity contribution in [1.29, 1.82) is 0 Å². The molecular formula is C22H29ClN2O4S. The van der Waals surface area contributed by atoms with Gasteiger partial charge in [-0.3, -0.25) is 9.10 Å². The normalized spacial score (nSPS) is 12.3. The molecule has 6 nitrogen and oxygen atoms in total. The van der Waals surface area contributed by atoms with Gasteiger partial charge in [0, 0.05) is 5.02 Å². The minimum absolute atomic E-state index is 0.259. The third-order valence-corrected chi connectivity index (χ3v) is 6.33. The van der Waals surface area contributed by atoms with Gasteiger partial charge < -0.3 is 10.1 Å². The summed E-state index contributed by atoms with van der Waals surface area (Å²) in [5.41, 5.74) is 3.29. The van der Waals surface area contributed by atoms with Gasteiger partial charge in [0.05, 0.1) is 18.5 Å². The summed E-state index contributed by atoms with van der Waals surface area (Å²) in [6.45, 7) is 8.08. The second-order valence-corrected chi connectivity index (χ2v) is 9.59. The minimum Gasteiger partial charge on any atom is -0.491 e. The molecule has 1 unspecified atom stereocenters. The summed E-state index contributed by atoms with van der Waals surface area (Å²) in [7, 11) is -3.71. The Morgan fingerprint density at radius 1 is 1.13 bits per heavy atom. The minimum atomic E-state index is -3.71. The number of rotatable bonds is 9. The summed E-state index contributed by atoms with van der Waals surface area (Å²) < 4.78 is 31.9. The van der Waals surface area contributed by atoms with E-state index in [4.69, 9.17) is 16.3 Å². The van der Waals surface area contributed by atoms with Crippen molar-refractivity contribution in [2.24, 2.45) is 0 Å². The lowest BCUT2D eigenvalue weighted by Crippen LogP contribution is -2.50. The van der Waals surface area contributed by atoms with E-state index in [1.807, 2.05) is 39.0 Å². The number of carbonyl (C=O) groups excluding carboxylic acids is 1. The van der Waals surface area contributed by atoms with Crippen LogP contribution in [0.15, 0.2) is 36.4 Å². The predicted octanol–water partition coefficient (Wildman–Crippen LogP) is 4.01. The molecule has 0 saturated carbocycles. The number of aryl methyl sites for hydroxylation is 3. The van der Waals surface area contributed by atoms with Crippen LogP contribution in [0.2, 0.25) is 5.02 Å². The average Bonchev–Trinajstić information content (AvgIpc) is 2.67. The number of carbonyl (C=O) groups is 1. The molecule has 0 aliphatic carbocycles. The third kappa shape index (κ3) is 6.12. The van der Waals surface area contributed by atoms with Gasteiger partial charge in [0.15, 0.2) is 0 Å². The van der Waals surface area contributed by atoms with Gasteiger partial charge in [-0.25, -0.2) is 8.42 Å². The van der Waals surface area contributed by atoms with Gasteiger partial charge >= 0.3 is 0 Å². The van der Waals surface area contributed by atoms with Crippen molar-refractivity contribution in [3.8, 4) is 5.75 Å². The standard InChI is InChI=1S/C22H29ClN2O4S/c1-6-20(25(30(5,27)28)18-10-9-16(3)19(23)14-18)22(26)24-11-12-29-21-13-15(2)7-8-17(21)4/h7-10,13-14,20H,6,11-12H2,1-5H3,(H,24,26). The lowest BCUT2D eigenvalue weighted by molar-refractivity contribution is -0.122. The van der Waals surface area contributed by atoms with Crippen molar-refractivity contribution >= 4 is 33.2 Å². The molecule has 2 rings (SSSR count). The van der Waals surface area contributed by atoms with E-state index in [1.165, 1.54) is 0 Å². The van der Waals surface area contributed by atoms with Gasteiger partial charge in [0.1, 0.15) is 18.4 Å². The van der Waals surface area contributed by atoms with Crippen LogP contribution >= 0.6 is 11.6 Å². The second-order valence-electron chi connectivity index (χ2n) is 7.32. The molecule has 0 aliphatic heterocycles. The Morgan fingerprint density at radius 3 is 2.40 bits per heavy atom. The van der Waals surface area contributed by atoms with Crippen molar-refractivity contribution in [3.63, 3.8) is 0 Å². The lowest BCUT2D eigenvalue weighted by atomic mass is 10.1. The molecule has 1 amide bonds. The second kappa shape index (κ2) is 10.2. The molecule has 8 heteroatoms. The molecule has 30 heavy (non-hydrogen) atoms.